The second-order valence-corrected chi connectivity index (χ2v) is 7.35. The van der Waals surface area contributed by atoms with Crippen LogP contribution in [0.2, 0.25) is 0 Å². The molecule has 0 atom stereocenters. The van der Waals surface area contributed by atoms with Crippen LogP contribution in [0.4, 0.5) is 0 Å². The Labute approximate surface area is 178 Å². The number of hydrogen-bond acceptors (Lipinski definition) is 4. The maximum Gasteiger partial charge on any atom is 0.244 e. The standard InChI is InChI=1S/C24H30N4O2/c1-4-30-20-12-9-19(10-13-20)11-14-24(29)25-16-15-23-26-21-7-5-6-8-22(21)28(23)18-17-27(2)3/h5-14H,4,15-18H2,1-3H3,(H,25,29)/b14-11+. The van der Waals surface area contributed by atoms with Crippen LogP contribution in [-0.4, -0.2) is 54.1 Å². The fraction of sp³-hybridized carbons (Fsp3) is 0.333. The molecular formula is C24H30N4O2. The Bertz CT molecular complexity index is 990. The van der Waals surface area contributed by atoms with Gasteiger partial charge >= 0.3 is 0 Å². The van der Waals surface area contributed by atoms with E-state index in [1.165, 1.54) is 0 Å². The zero-order chi connectivity index (χ0) is 21.3. The molecule has 1 amide bonds. The first-order chi connectivity index (χ1) is 14.6. The van der Waals surface area contributed by atoms with Crippen molar-refractivity contribution in [2.75, 3.05) is 33.8 Å². The number of nitrogens with one attached hydrogen (secondary N) is 1. The van der Waals surface area contributed by atoms with E-state index in [0.29, 0.717) is 19.6 Å². The minimum Gasteiger partial charge on any atom is -0.494 e. The summed E-state index contributed by atoms with van der Waals surface area (Å²) in [6.07, 6.45) is 4.05. The average Bonchev–Trinajstić information content (AvgIpc) is 3.09. The second-order valence-electron chi connectivity index (χ2n) is 7.35. The summed E-state index contributed by atoms with van der Waals surface area (Å²) < 4.78 is 7.68. The van der Waals surface area contributed by atoms with Gasteiger partial charge in [-0.3, -0.25) is 4.79 Å². The van der Waals surface area contributed by atoms with Crippen LogP contribution < -0.4 is 10.1 Å². The quantitative estimate of drug-likeness (QED) is 0.525. The molecule has 0 saturated heterocycles. The van der Waals surface area contributed by atoms with Crippen LogP contribution in [-0.2, 0) is 17.8 Å². The van der Waals surface area contributed by atoms with Gasteiger partial charge in [0.15, 0.2) is 0 Å². The summed E-state index contributed by atoms with van der Waals surface area (Å²) in [7, 11) is 4.13. The lowest BCUT2D eigenvalue weighted by Crippen LogP contribution is -2.25. The number of aromatic nitrogens is 2. The first-order valence-corrected chi connectivity index (χ1v) is 10.3. The molecule has 0 bridgehead atoms. The van der Waals surface area contributed by atoms with Gasteiger partial charge in [0.25, 0.3) is 0 Å². The first kappa shape index (κ1) is 21.6. The van der Waals surface area contributed by atoms with Gasteiger partial charge in [-0.25, -0.2) is 4.98 Å². The van der Waals surface area contributed by atoms with E-state index >= 15 is 0 Å². The van der Waals surface area contributed by atoms with Gasteiger partial charge in [0.1, 0.15) is 11.6 Å². The molecule has 3 rings (SSSR count). The third-order valence-corrected chi connectivity index (χ3v) is 4.77. The molecule has 1 heterocycles. The molecule has 1 N–H and O–H groups in total. The van der Waals surface area contributed by atoms with Gasteiger partial charge in [-0.1, -0.05) is 24.3 Å². The van der Waals surface area contributed by atoms with Gasteiger partial charge < -0.3 is 19.5 Å². The van der Waals surface area contributed by atoms with Gasteiger partial charge in [-0.15, -0.1) is 0 Å². The molecule has 0 saturated carbocycles. The number of rotatable bonds is 10. The van der Waals surface area contributed by atoms with Gasteiger partial charge in [-0.2, -0.15) is 0 Å². The Morgan fingerprint density at radius 1 is 1.17 bits per heavy atom. The SMILES string of the molecule is CCOc1ccc(/C=C/C(=O)NCCc2nc3ccccc3n2CCN(C)C)cc1. The zero-order valence-corrected chi connectivity index (χ0v) is 18.0. The number of imidazole rings is 1. The molecule has 2 aromatic carbocycles. The number of carbonyl (C=O) groups is 1. The molecule has 0 aliphatic heterocycles. The molecule has 6 nitrogen and oxygen atoms in total. The molecule has 0 radical (unpaired) electrons. The van der Waals surface area contributed by atoms with E-state index in [2.05, 4.69) is 34.9 Å². The summed E-state index contributed by atoms with van der Waals surface area (Å²) in [6.45, 7) is 4.94. The maximum absolute atomic E-state index is 12.2. The summed E-state index contributed by atoms with van der Waals surface area (Å²) in [5, 5.41) is 2.96. The number of benzene rings is 2. The number of amides is 1. The van der Waals surface area contributed by atoms with Crippen molar-refractivity contribution >= 4 is 23.0 Å². The molecule has 3 aromatic rings. The number of hydrogen-bond donors (Lipinski definition) is 1. The van der Waals surface area contributed by atoms with Gasteiger partial charge in [-0.05, 0) is 56.9 Å². The summed E-state index contributed by atoms with van der Waals surface area (Å²) >= 11 is 0. The van der Waals surface area contributed by atoms with Crippen LogP contribution >= 0.6 is 0 Å². The molecule has 1 aromatic heterocycles. The monoisotopic (exact) mass is 406 g/mol. The van der Waals surface area contributed by atoms with Crippen molar-refractivity contribution < 1.29 is 9.53 Å². The Kier molecular flexibility index (Phi) is 7.63. The molecule has 0 fully saturated rings. The smallest absolute Gasteiger partial charge is 0.244 e. The number of carbonyl (C=O) groups excluding carboxylic acids is 1. The lowest BCUT2D eigenvalue weighted by atomic mass is 10.2. The summed E-state index contributed by atoms with van der Waals surface area (Å²) in [4.78, 5) is 19.1. The van der Waals surface area contributed by atoms with Crippen molar-refractivity contribution in [3.05, 3.63) is 66.0 Å². The van der Waals surface area contributed by atoms with Crippen LogP contribution in [0.25, 0.3) is 17.1 Å². The van der Waals surface area contributed by atoms with E-state index in [1.807, 2.05) is 49.4 Å². The van der Waals surface area contributed by atoms with E-state index in [4.69, 9.17) is 9.72 Å². The van der Waals surface area contributed by atoms with Crippen LogP contribution in [0.5, 0.6) is 5.75 Å². The highest BCUT2D eigenvalue weighted by molar-refractivity contribution is 5.91. The zero-order valence-electron chi connectivity index (χ0n) is 18.0. The van der Waals surface area contributed by atoms with Crippen molar-refractivity contribution in [3.8, 4) is 5.75 Å². The Morgan fingerprint density at radius 3 is 2.67 bits per heavy atom. The molecule has 0 spiro atoms. The van der Waals surface area contributed by atoms with Gasteiger partial charge in [0.2, 0.25) is 5.91 Å². The highest BCUT2D eigenvalue weighted by atomic mass is 16.5. The normalized spacial score (nSPS) is 11.5. The van der Waals surface area contributed by atoms with Crippen LogP contribution in [0.15, 0.2) is 54.6 Å². The number of fused-ring (bicyclic) bond motifs is 1. The summed E-state index contributed by atoms with van der Waals surface area (Å²) in [5.74, 6) is 1.71. The van der Waals surface area contributed by atoms with Crippen molar-refractivity contribution in [1.29, 1.82) is 0 Å². The number of nitrogens with zero attached hydrogens (tertiary/aromatic N) is 3. The van der Waals surface area contributed by atoms with Gasteiger partial charge in [0.05, 0.1) is 17.6 Å². The Balaban J connectivity index is 1.57. The van der Waals surface area contributed by atoms with Crippen molar-refractivity contribution in [3.63, 3.8) is 0 Å². The van der Waals surface area contributed by atoms with Crippen LogP contribution in [0, 0.1) is 0 Å². The predicted octanol–water partition coefficient (Wildman–Crippen LogP) is 3.37. The lowest BCUT2D eigenvalue weighted by molar-refractivity contribution is -0.116. The van der Waals surface area contributed by atoms with Crippen LogP contribution in [0.1, 0.15) is 18.3 Å². The highest BCUT2D eigenvalue weighted by Crippen LogP contribution is 2.16. The van der Waals surface area contributed by atoms with Crippen molar-refractivity contribution in [1.82, 2.24) is 19.8 Å². The fourth-order valence-corrected chi connectivity index (χ4v) is 3.24. The van der Waals surface area contributed by atoms with E-state index in [-0.39, 0.29) is 5.91 Å². The topological polar surface area (TPSA) is 59.4 Å². The lowest BCUT2D eigenvalue weighted by Gasteiger charge is -2.13. The van der Waals surface area contributed by atoms with Gasteiger partial charge in [0, 0.05) is 32.1 Å². The Hall–Kier alpha value is -3.12. The first-order valence-electron chi connectivity index (χ1n) is 10.3. The number of ether oxygens (including phenoxy) is 1. The van der Waals surface area contributed by atoms with Crippen molar-refractivity contribution in [2.45, 2.75) is 19.9 Å². The number of likely N-dealkylation sites (N-methyl/N-ethyl adjacent to an activating group) is 1. The highest BCUT2D eigenvalue weighted by Gasteiger charge is 2.10. The molecule has 6 heteroatoms. The maximum atomic E-state index is 12.2. The van der Waals surface area contributed by atoms with E-state index in [9.17, 15) is 4.79 Å². The van der Waals surface area contributed by atoms with E-state index < -0.39 is 0 Å². The largest absolute Gasteiger partial charge is 0.494 e. The van der Waals surface area contributed by atoms with E-state index in [0.717, 1.165) is 41.3 Å². The minimum absolute atomic E-state index is 0.111. The summed E-state index contributed by atoms with van der Waals surface area (Å²) in [6, 6.07) is 15.8. The molecular weight excluding hydrogens is 376 g/mol. The molecule has 158 valence electrons. The molecule has 0 unspecified atom stereocenters. The van der Waals surface area contributed by atoms with Crippen molar-refractivity contribution in [2.24, 2.45) is 0 Å². The molecule has 0 aliphatic carbocycles. The third-order valence-electron chi connectivity index (χ3n) is 4.77. The third kappa shape index (κ3) is 5.94. The summed E-state index contributed by atoms with van der Waals surface area (Å²) in [5.41, 5.74) is 3.09. The fourth-order valence-electron chi connectivity index (χ4n) is 3.24. The Morgan fingerprint density at radius 2 is 1.93 bits per heavy atom. The molecule has 0 aliphatic rings. The predicted molar refractivity (Wildman–Crippen MR) is 122 cm³/mol. The number of para-hydroxylation sites is 2. The molecule has 30 heavy (non-hydrogen) atoms. The van der Waals surface area contributed by atoms with E-state index in [1.54, 1.807) is 12.2 Å². The minimum atomic E-state index is -0.111. The van der Waals surface area contributed by atoms with Crippen LogP contribution in [0.3, 0.4) is 0 Å². The second kappa shape index (κ2) is 10.6. The average molecular weight is 407 g/mol.